The average Bonchev–Trinajstić information content (AvgIpc) is 2.67. The van der Waals surface area contributed by atoms with Crippen molar-refractivity contribution in [3.05, 3.63) is 53.3 Å². The van der Waals surface area contributed by atoms with Gasteiger partial charge in [-0.05, 0) is 31.0 Å². The van der Waals surface area contributed by atoms with Gasteiger partial charge in [-0.1, -0.05) is 23.7 Å². The Bertz CT molecular complexity index is 771. The number of nitrogens with one attached hydrogen (secondary N) is 2. The Hall–Kier alpha value is -2.67. The largest absolute Gasteiger partial charge is 0.350 e. The predicted molar refractivity (Wildman–Crippen MR) is 99.2 cm³/mol. The molecule has 1 atom stereocenters. The van der Waals surface area contributed by atoms with E-state index in [0.29, 0.717) is 23.1 Å². The number of nitrogens with zero attached hydrogens (tertiary/aromatic N) is 3. The molecule has 3 rings (SSSR count). The van der Waals surface area contributed by atoms with Gasteiger partial charge in [0, 0.05) is 31.5 Å². The highest BCUT2D eigenvalue weighted by Crippen LogP contribution is 2.16. The number of carbonyl (C=O) groups excluding carboxylic acids is 2. The van der Waals surface area contributed by atoms with E-state index in [0.717, 1.165) is 19.4 Å². The lowest BCUT2D eigenvalue weighted by Gasteiger charge is -2.33. The van der Waals surface area contributed by atoms with Crippen LogP contribution in [-0.2, 0) is 4.79 Å². The third kappa shape index (κ3) is 4.70. The molecule has 1 aromatic carbocycles. The normalized spacial score (nSPS) is 16.8. The summed E-state index contributed by atoms with van der Waals surface area (Å²) in [5, 5.41) is 5.91. The summed E-state index contributed by atoms with van der Waals surface area (Å²) in [7, 11) is 0. The van der Waals surface area contributed by atoms with E-state index in [9.17, 15) is 9.59 Å². The van der Waals surface area contributed by atoms with E-state index in [4.69, 9.17) is 11.6 Å². The minimum atomic E-state index is -0.367. The molecule has 0 spiro atoms. The molecule has 8 heteroatoms. The number of aromatic nitrogens is 2. The number of anilines is 1. The topological polar surface area (TPSA) is 87.2 Å². The average molecular weight is 374 g/mol. The summed E-state index contributed by atoms with van der Waals surface area (Å²) >= 11 is 5.99. The molecular formula is C18H20ClN5O2. The maximum atomic E-state index is 12.2. The van der Waals surface area contributed by atoms with Gasteiger partial charge < -0.3 is 15.5 Å². The number of hydrogen-bond donors (Lipinski definition) is 2. The van der Waals surface area contributed by atoms with Crippen LogP contribution in [-0.4, -0.2) is 47.5 Å². The third-order valence-electron chi connectivity index (χ3n) is 4.15. The SMILES string of the molecule is O=C(CNC(=O)c1ccccc1Cl)N[C@H]1CCCN(c2ncccn2)C1. The quantitative estimate of drug-likeness (QED) is 0.832. The number of amides is 2. The summed E-state index contributed by atoms with van der Waals surface area (Å²) in [4.78, 5) is 34.8. The van der Waals surface area contributed by atoms with E-state index >= 15 is 0 Å². The van der Waals surface area contributed by atoms with Crippen molar-refractivity contribution in [2.75, 3.05) is 24.5 Å². The smallest absolute Gasteiger partial charge is 0.253 e. The van der Waals surface area contributed by atoms with Gasteiger partial charge >= 0.3 is 0 Å². The minimum Gasteiger partial charge on any atom is -0.350 e. The van der Waals surface area contributed by atoms with Crippen molar-refractivity contribution >= 4 is 29.4 Å². The Kier molecular flexibility index (Phi) is 6.01. The second-order valence-electron chi connectivity index (χ2n) is 6.06. The molecule has 0 unspecified atom stereocenters. The Morgan fingerprint density at radius 1 is 1.19 bits per heavy atom. The van der Waals surface area contributed by atoms with Gasteiger partial charge in [0.15, 0.2) is 0 Å². The van der Waals surface area contributed by atoms with Crippen molar-refractivity contribution in [1.82, 2.24) is 20.6 Å². The highest BCUT2D eigenvalue weighted by molar-refractivity contribution is 6.33. The molecule has 1 saturated heterocycles. The van der Waals surface area contributed by atoms with E-state index in [1.807, 2.05) is 0 Å². The van der Waals surface area contributed by atoms with Gasteiger partial charge in [-0.25, -0.2) is 9.97 Å². The first-order valence-electron chi connectivity index (χ1n) is 8.47. The summed E-state index contributed by atoms with van der Waals surface area (Å²) in [6, 6.07) is 8.50. The zero-order valence-corrected chi connectivity index (χ0v) is 14.9. The molecule has 7 nitrogen and oxygen atoms in total. The highest BCUT2D eigenvalue weighted by atomic mass is 35.5. The second kappa shape index (κ2) is 8.62. The molecule has 1 aliphatic rings. The van der Waals surface area contributed by atoms with Crippen LogP contribution in [0.3, 0.4) is 0 Å². The second-order valence-corrected chi connectivity index (χ2v) is 6.47. The summed E-state index contributed by atoms with van der Waals surface area (Å²) in [5.74, 6) is 0.0680. The van der Waals surface area contributed by atoms with Crippen molar-refractivity contribution in [2.24, 2.45) is 0 Å². The first-order valence-corrected chi connectivity index (χ1v) is 8.85. The molecule has 0 saturated carbocycles. The minimum absolute atomic E-state index is 0.00253. The highest BCUT2D eigenvalue weighted by Gasteiger charge is 2.23. The van der Waals surface area contributed by atoms with Gasteiger partial charge in [0.2, 0.25) is 11.9 Å². The van der Waals surface area contributed by atoms with E-state index in [-0.39, 0.29) is 24.4 Å². The third-order valence-corrected chi connectivity index (χ3v) is 4.48. The molecular weight excluding hydrogens is 354 g/mol. The van der Waals surface area contributed by atoms with Crippen LogP contribution in [0.4, 0.5) is 5.95 Å². The van der Waals surface area contributed by atoms with Crippen LogP contribution >= 0.6 is 11.6 Å². The molecule has 1 fully saturated rings. The molecule has 136 valence electrons. The Morgan fingerprint density at radius 2 is 1.96 bits per heavy atom. The van der Waals surface area contributed by atoms with Gasteiger partial charge in [-0.3, -0.25) is 9.59 Å². The number of piperidine rings is 1. The number of halogens is 1. The molecule has 2 heterocycles. The molecule has 2 N–H and O–H groups in total. The van der Waals surface area contributed by atoms with E-state index in [1.54, 1.807) is 42.7 Å². The monoisotopic (exact) mass is 373 g/mol. The summed E-state index contributed by atoms with van der Waals surface area (Å²) < 4.78 is 0. The van der Waals surface area contributed by atoms with Gasteiger partial charge in [-0.2, -0.15) is 0 Å². The fourth-order valence-electron chi connectivity index (χ4n) is 2.91. The fraction of sp³-hybridized carbons (Fsp3) is 0.333. The fourth-order valence-corrected chi connectivity index (χ4v) is 3.13. The maximum Gasteiger partial charge on any atom is 0.253 e. The predicted octanol–water partition coefficient (Wildman–Crippen LogP) is 1.65. The van der Waals surface area contributed by atoms with Crippen molar-refractivity contribution in [3.63, 3.8) is 0 Å². The molecule has 0 bridgehead atoms. The van der Waals surface area contributed by atoms with Crippen LogP contribution in [0, 0.1) is 0 Å². The Balaban J connectivity index is 1.49. The molecule has 1 aliphatic heterocycles. The number of carbonyl (C=O) groups is 2. The summed E-state index contributed by atoms with van der Waals surface area (Å²) in [6.45, 7) is 1.41. The summed E-state index contributed by atoms with van der Waals surface area (Å²) in [6.07, 6.45) is 5.23. The van der Waals surface area contributed by atoms with Crippen LogP contribution in [0.5, 0.6) is 0 Å². The van der Waals surface area contributed by atoms with Gasteiger partial charge in [0.1, 0.15) is 0 Å². The Morgan fingerprint density at radius 3 is 2.73 bits per heavy atom. The van der Waals surface area contributed by atoms with E-state index < -0.39 is 0 Å². The molecule has 0 radical (unpaired) electrons. The van der Waals surface area contributed by atoms with Gasteiger partial charge in [0.25, 0.3) is 5.91 Å². The zero-order valence-electron chi connectivity index (χ0n) is 14.2. The van der Waals surface area contributed by atoms with Gasteiger partial charge in [-0.15, -0.1) is 0 Å². The Labute approximate surface area is 156 Å². The van der Waals surface area contributed by atoms with E-state index in [1.165, 1.54) is 0 Å². The van der Waals surface area contributed by atoms with E-state index in [2.05, 4.69) is 25.5 Å². The van der Waals surface area contributed by atoms with Crippen LogP contribution in [0.1, 0.15) is 23.2 Å². The lowest BCUT2D eigenvalue weighted by molar-refractivity contribution is -0.120. The van der Waals surface area contributed by atoms with Crippen molar-refractivity contribution in [1.29, 1.82) is 0 Å². The van der Waals surface area contributed by atoms with Crippen LogP contribution in [0.2, 0.25) is 5.02 Å². The lowest BCUT2D eigenvalue weighted by atomic mass is 10.1. The van der Waals surface area contributed by atoms with Crippen molar-refractivity contribution < 1.29 is 9.59 Å². The number of rotatable bonds is 5. The first-order chi connectivity index (χ1) is 12.6. The number of hydrogen-bond acceptors (Lipinski definition) is 5. The van der Waals surface area contributed by atoms with Crippen molar-refractivity contribution in [3.8, 4) is 0 Å². The zero-order chi connectivity index (χ0) is 18.4. The summed E-state index contributed by atoms with van der Waals surface area (Å²) in [5.41, 5.74) is 0.354. The molecule has 2 amide bonds. The van der Waals surface area contributed by atoms with Crippen LogP contribution in [0.25, 0.3) is 0 Å². The van der Waals surface area contributed by atoms with Crippen LogP contribution in [0.15, 0.2) is 42.7 Å². The maximum absolute atomic E-state index is 12.2. The standard InChI is InChI=1S/C18H20ClN5O2/c19-15-7-2-1-6-14(15)17(26)22-11-16(25)23-13-5-3-10-24(12-13)18-20-8-4-9-21-18/h1-2,4,6-9,13H,3,5,10-12H2,(H,22,26)(H,23,25)/t13-/m0/s1. The van der Waals surface area contributed by atoms with Crippen LogP contribution < -0.4 is 15.5 Å². The molecule has 26 heavy (non-hydrogen) atoms. The molecule has 1 aromatic heterocycles. The van der Waals surface area contributed by atoms with Crippen molar-refractivity contribution in [2.45, 2.75) is 18.9 Å². The molecule has 0 aliphatic carbocycles. The first kappa shape index (κ1) is 18.1. The molecule has 2 aromatic rings. The van der Waals surface area contributed by atoms with Gasteiger partial charge in [0.05, 0.1) is 17.1 Å². The lowest BCUT2D eigenvalue weighted by Crippen LogP contribution is -2.50. The number of benzene rings is 1.